The highest BCUT2D eigenvalue weighted by atomic mass is 16.5. The number of methoxy groups -OCH3 is 1. The van der Waals surface area contributed by atoms with Gasteiger partial charge in [0.15, 0.2) is 0 Å². The minimum Gasteiger partial charge on any atom is -0.496 e. The molecule has 1 atom stereocenters. The molecule has 0 amide bonds. The molecule has 1 unspecified atom stereocenters. The van der Waals surface area contributed by atoms with Crippen LogP contribution in [0.1, 0.15) is 18.0 Å². The molecule has 3 heteroatoms. The second kappa shape index (κ2) is 6.81. The van der Waals surface area contributed by atoms with Gasteiger partial charge in [-0.2, -0.15) is 0 Å². The van der Waals surface area contributed by atoms with Gasteiger partial charge < -0.3 is 15.2 Å². The Balaban J connectivity index is 1.89. The summed E-state index contributed by atoms with van der Waals surface area (Å²) in [5.74, 6) is 1.70. The molecule has 0 spiro atoms. The van der Waals surface area contributed by atoms with E-state index in [1.807, 2.05) is 54.6 Å². The average Bonchev–Trinajstić information content (AvgIpc) is 2.48. The quantitative estimate of drug-likeness (QED) is 0.864. The summed E-state index contributed by atoms with van der Waals surface area (Å²) >= 11 is 0. The highest BCUT2D eigenvalue weighted by Crippen LogP contribution is 2.25. The van der Waals surface area contributed by atoms with Gasteiger partial charge in [0, 0.05) is 18.0 Å². The van der Waals surface area contributed by atoms with Gasteiger partial charge in [-0.15, -0.1) is 0 Å². The average molecular weight is 257 g/mol. The molecule has 0 aliphatic heterocycles. The van der Waals surface area contributed by atoms with Crippen molar-refractivity contribution in [3.8, 4) is 11.5 Å². The monoisotopic (exact) mass is 257 g/mol. The lowest BCUT2D eigenvalue weighted by Gasteiger charge is -2.15. The molecule has 0 aliphatic rings. The largest absolute Gasteiger partial charge is 0.496 e. The van der Waals surface area contributed by atoms with Crippen LogP contribution < -0.4 is 15.2 Å². The van der Waals surface area contributed by atoms with Crippen LogP contribution in [0.15, 0.2) is 54.6 Å². The lowest BCUT2D eigenvalue weighted by atomic mass is 10.0. The Labute approximate surface area is 114 Å². The van der Waals surface area contributed by atoms with Gasteiger partial charge in [-0.1, -0.05) is 36.4 Å². The molecule has 2 rings (SSSR count). The molecule has 19 heavy (non-hydrogen) atoms. The number of rotatable bonds is 6. The minimum atomic E-state index is -0.0835. The SMILES string of the molecule is COc1ccccc1C(N)CCOc1ccccc1. The van der Waals surface area contributed by atoms with Crippen molar-refractivity contribution in [2.24, 2.45) is 5.73 Å². The van der Waals surface area contributed by atoms with Gasteiger partial charge in [0.2, 0.25) is 0 Å². The van der Waals surface area contributed by atoms with Crippen molar-refractivity contribution in [3.05, 3.63) is 60.2 Å². The first-order valence-electron chi connectivity index (χ1n) is 6.37. The van der Waals surface area contributed by atoms with Gasteiger partial charge in [0.05, 0.1) is 13.7 Å². The van der Waals surface area contributed by atoms with Crippen molar-refractivity contribution in [2.45, 2.75) is 12.5 Å². The zero-order valence-electron chi connectivity index (χ0n) is 11.1. The van der Waals surface area contributed by atoms with Crippen LogP contribution in [-0.4, -0.2) is 13.7 Å². The van der Waals surface area contributed by atoms with Crippen molar-refractivity contribution in [1.82, 2.24) is 0 Å². The number of hydrogen-bond donors (Lipinski definition) is 1. The molecule has 3 nitrogen and oxygen atoms in total. The first kappa shape index (κ1) is 13.4. The van der Waals surface area contributed by atoms with Gasteiger partial charge in [-0.05, 0) is 18.2 Å². The Morgan fingerprint density at radius 1 is 1.00 bits per heavy atom. The summed E-state index contributed by atoms with van der Waals surface area (Å²) < 4.78 is 11.0. The van der Waals surface area contributed by atoms with E-state index >= 15 is 0 Å². The van der Waals surface area contributed by atoms with Gasteiger partial charge in [-0.25, -0.2) is 0 Å². The summed E-state index contributed by atoms with van der Waals surface area (Å²) in [4.78, 5) is 0. The second-order valence-electron chi connectivity index (χ2n) is 4.30. The van der Waals surface area contributed by atoms with Crippen molar-refractivity contribution >= 4 is 0 Å². The van der Waals surface area contributed by atoms with Crippen LogP contribution >= 0.6 is 0 Å². The molecule has 0 radical (unpaired) electrons. The Morgan fingerprint density at radius 2 is 1.68 bits per heavy atom. The fraction of sp³-hybridized carbons (Fsp3) is 0.250. The maximum atomic E-state index is 6.18. The number of hydrogen-bond acceptors (Lipinski definition) is 3. The predicted octanol–water partition coefficient (Wildman–Crippen LogP) is 3.16. The van der Waals surface area contributed by atoms with Crippen molar-refractivity contribution in [3.63, 3.8) is 0 Å². The van der Waals surface area contributed by atoms with Crippen molar-refractivity contribution < 1.29 is 9.47 Å². The number of nitrogens with two attached hydrogens (primary N) is 1. The molecule has 2 N–H and O–H groups in total. The third-order valence-corrected chi connectivity index (χ3v) is 2.98. The molecule has 0 bridgehead atoms. The van der Waals surface area contributed by atoms with Gasteiger partial charge in [-0.3, -0.25) is 0 Å². The maximum absolute atomic E-state index is 6.18. The Morgan fingerprint density at radius 3 is 2.42 bits per heavy atom. The summed E-state index contributed by atoms with van der Waals surface area (Å²) in [5.41, 5.74) is 7.19. The number of para-hydroxylation sites is 2. The minimum absolute atomic E-state index is 0.0835. The molecular formula is C16H19NO2. The zero-order valence-corrected chi connectivity index (χ0v) is 11.1. The molecule has 2 aromatic rings. The molecule has 0 aromatic heterocycles. The lowest BCUT2D eigenvalue weighted by Crippen LogP contribution is -2.15. The molecule has 0 saturated heterocycles. The number of ether oxygens (including phenoxy) is 2. The Bertz CT molecular complexity index is 499. The third-order valence-electron chi connectivity index (χ3n) is 2.98. The van der Waals surface area contributed by atoms with Crippen LogP contribution in [0.2, 0.25) is 0 Å². The van der Waals surface area contributed by atoms with Crippen LogP contribution in [0, 0.1) is 0 Å². The summed E-state index contributed by atoms with van der Waals surface area (Å²) in [6, 6.07) is 17.5. The number of benzene rings is 2. The standard InChI is InChI=1S/C16H19NO2/c1-18-16-10-6-5-9-14(16)15(17)11-12-19-13-7-3-2-4-8-13/h2-10,15H,11-12,17H2,1H3. The second-order valence-corrected chi connectivity index (χ2v) is 4.30. The van der Waals surface area contributed by atoms with E-state index in [-0.39, 0.29) is 6.04 Å². The normalized spacial score (nSPS) is 11.9. The van der Waals surface area contributed by atoms with E-state index in [0.29, 0.717) is 6.61 Å². The van der Waals surface area contributed by atoms with E-state index in [1.165, 1.54) is 0 Å². The first-order chi connectivity index (χ1) is 9.31. The van der Waals surface area contributed by atoms with E-state index in [2.05, 4.69) is 0 Å². The van der Waals surface area contributed by atoms with E-state index in [0.717, 1.165) is 23.5 Å². The summed E-state index contributed by atoms with van der Waals surface area (Å²) in [5, 5.41) is 0. The van der Waals surface area contributed by atoms with Crippen molar-refractivity contribution in [1.29, 1.82) is 0 Å². The van der Waals surface area contributed by atoms with Crippen molar-refractivity contribution in [2.75, 3.05) is 13.7 Å². The van der Waals surface area contributed by atoms with E-state index < -0.39 is 0 Å². The molecule has 0 fully saturated rings. The molecule has 0 saturated carbocycles. The molecule has 2 aromatic carbocycles. The highest BCUT2D eigenvalue weighted by molar-refractivity contribution is 5.35. The van der Waals surface area contributed by atoms with Gasteiger partial charge in [0.1, 0.15) is 11.5 Å². The predicted molar refractivity (Wildman–Crippen MR) is 76.5 cm³/mol. The Hall–Kier alpha value is -2.00. The molecule has 100 valence electrons. The summed E-state index contributed by atoms with van der Waals surface area (Å²) in [7, 11) is 1.66. The van der Waals surface area contributed by atoms with Gasteiger partial charge >= 0.3 is 0 Å². The third kappa shape index (κ3) is 3.73. The highest BCUT2D eigenvalue weighted by Gasteiger charge is 2.11. The zero-order chi connectivity index (χ0) is 13.5. The maximum Gasteiger partial charge on any atom is 0.123 e. The van der Waals surface area contributed by atoms with Crippen LogP contribution in [0.4, 0.5) is 0 Å². The van der Waals surface area contributed by atoms with E-state index in [1.54, 1.807) is 7.11 Å². The van der Waals surface area contributed by atoms with Crippen LogP contribution in [0.25, 0.3) is 0 Å². The topological polar surface area (TPSA) is 44.5 Å². The summed E-state index contributed by atoms with van der Waals surface area (Å²) in [6.07, 6.45) is 0.745. The van der Waals surface area contributed by atoms with E-state index in [4.69, 9.17) is 15.2 Å². The lowest BCUT2D eigenvalue weighted by molar-refractivity contribution is 0.296. The fourth-order valence-corrected chi connectivity index (χ4v) is 1.95. The van der Waals surface area contributed by atoms with E-state index in [9.17, 15) is 0 Å². The Kier molecular flexibility index (Phi) is 4.81. The van der Waals surface area contributed by atoms with Gasteiger partial charge in [0.25, 0.3) is 0 Å². The first-order valence-corrected chi connectivity index (χ1v) is 6.37. The molecule has 0 heterocycles. The summed E-state index contributed by atoms with van der Waals surface area (Å²) in [6.45, 7) is 0.587. The molecular weight excluding hydrogens is 238 g/mol. The molecule has 0 aliphatic carbocycles. The van der Waals surface area contributed by atoms with Crippen LogP contribution in [-0.2, 0) is 0 Å². The van der Waals surface area contributed by atoms with Crippen LogP contribution in [0.3, 0.4) is 0 Å². The van der Waals surface area contributed by atoms with Crippen LogP contribution in [0.5, 0.6) is 11.5 Å². The fourth-order valence-electron chi connectivity index (χ4n) is 1.95. The smallest absolute Gasteiger partial charge is 0.123 e.